The van der Waals surface area contributed by atoms with Crippen LogP contribution in [0.5, 0.6) is 0 Å². The van der Waals surface area contributed by atoms with E-state index in [4.69, 9.17) is 5.11 Å². The second-order valence-electron chi connectivity index (χ2n) is 4.19. The van der Waals surface area contributed by atoms with E-state index in [2.05, 4.69) is 20.5 Å². The zero-order valence-corrected chi connectivity index (χ0v) is 10.5. The first-order valence-electron chi connectivity index (χ1n) is 6.12. The molecule has 6 nitrogen and oxygen atoms in total. The molecule has 19 heavy (non-hydrogen) atoms. The molecule has 0 saturated heterocycles. The summed E-state index contributed by atoms with van der Waals surface area (Å²) in [5.74, 6) is -0.763. The van der Waals surface area contributed by atoms with E-state index in [0.29, 0.717) is 19.5 Å². The summed E-state index contributed by atoms with van der Waals surface area (Å²) in [5.41, 5.74) is 2.98. The van der Waals surface area contributed by atoms with Crippen LogP contribution in [0.25, 0.3) is 11.3 Å². The summed E-state index contributed by atoms with van der Waals surface area (Å²) in [6.45, 7) is 1.32. The molecule has 2 heterocycles. The van der Waals surface area contributed by atoms with Crippen LogP contribution in [0.15, 0.2) is 30.7 Å². The summed E-state index contributed by atoms with van der Waals surface area (Å²) in [6.07, 6.45) is 6.08. The molecule has 3 N–H and O–H groups in total. The number of carboxylic acid groups (broad SMARTS) is 1. The lowest BCUT2D eigenvalue weighted by atomic mass is 10.1. The van der Waals surface area contributed by atoms with Crippen molar-refractivity contribution in [3.63, 3.8) is 0 Å². The first-order valence-corrected chi connectivity index (χ1v) is 6.12. The number of hydrogen-bond donors (Lipinski definition) is 3. The Balaban J connectivity index is 1.88. The van der Waals surface area contributed by atoms with E-state index in [-0.39, 0.29) is 6.42 Å². The topological polar surface area (TPSA) is 90.9 Å². The van der Waals surface area contributed by atoms with Crippen molar-refractivity contribution >= 4 is 5.97 Å². The lowest BCUT2D eigenvalue weighted by Gasteiger charge is -2.04. The number of aromatic nitrogens is 3. The summed E-state index contributed by atoms with van der Waals surface area (Å²) in [5, 5.41) is 18.7. The number of pyridine rings is 1. The molecule has 2 rings (SSSR count). The Kier molecular flexibility index (Phi) is 4.63. The molecule has 0 amide bonds. The summed E-state index contributed by atoms with van der Waals surface area (Å²) >= 11 is 0. The molecule has 0 unspecified atom stereocenters. The molecule has 2 aromatic rings. The van der Waals surface area contributed by atoms with Crippen molar-refractivity contribution in [2.45, 2.75) is 19.4 Å². The fourth-order valence-corrected chi connectivity index (χ4v) is 1.79. The average Bonchev–Trinajstić information content (AvgIpc) is 2.87. The third-order valence-electron chi connectivity index (χ3n) is 2.73. The maximum Gasteiger partial charge on any atom is 0.303 e. The first-order chi connectivity index (χ1) is 9.27. The molecule has 0 aromatic carbocycles. The van der Waals surface area contributed by atoms with E-state index < -0.39 is 5.97 Å². The largest absolute Gasteiger partial charge is 0.481 e. The minimum atomic E-state index is -0.763. The van der Waals surface area contributed by atoms with Crippen molar-refractivity contribution in [1.29, 1.82) is 0 Å². The van der Waals surface area contributed by atoms with Crippen molar-refractivity contribution in [3.8, 4) is 11.3 Å². The fraction of sp³-hybridized carbons (Fsp3) is 0.308. The standard InChI is InChI=1S/C13H16N4O2/c18-12(19)4-2-6-15-8-11-9-16-17-13(11)10-3-1-5-14-7-10/h1,3,5,7,9,15H,2,4,6,8H2,(H,16,17)(H,18,19). The Bertz CT molecular complexity index is 524. The van der Waals surface area contributed by atoms with Gasteiger partial charge in [0.25, 0.3) is 0 Å². The number of hydrogen-bond acceptors (Lipinski definition) is 4. The predicted molar refractivity (Wildman–Crippen MR) is 70.4 cm³/mol. The predicted octanol–water partition coefficient (Wildman–Crippen LogP) is 1.43. The number of nitrogens with zero attached hydrogens (tertiary/aromatic N) is 2. The van der Waals surface area contributed by atoms with Crippen LogP contribution in [0.2, 0.25) is 0 Å². The maximum absolute atomic E-state index is 10.4. The van der Waals surface area contributed by atoms with E-state index in [1.54, 1.807) is 18.6 Å². The highest BCUT2D eigenvalue weighted by atomic mass is 16.4. The van der Waals surface area contributed by atoms with E-state index in [1.165, 1.54) is 0 Å². The smallest absolute Gasteiger partial charge is 0.303 e. The number of carbonyl (C=O) groups is 1. The quantitative estimate of drug-likeness (QED) is 0.655. The van der Waals surface area contributed by atoms with Crippen molar-refractivity contribution in [2.75, 3.05) is 6.54 Å². The lowest BCUT2D eigenvalue weighted by Crippen LogP contribution is -2.15. The van der Waals surface area contributed by atoms with Crippen molar-refractivity contribution in [1.82, 2.24) is 20.5 Å². The van der Waals surface area contributed by atoms with Crippen LogP contribution in [0, 0.1) is 0 Å². The monoisotopic (exact) mass is 260 g/mol. The third kappa shape index (κ3) is 3.89. The molecule has 0 spiro atoms. The van der Waals surface area contributed by atoms with Gasteiger partial charge in [-0.1, -0.05) is 0 Å². The summed E-state index contributed by atoms with van der Waals surface area (Å²) in [4.78, 5) is 14.5. The molecule has 0 aliphatic heterocycles. The van der Waals surface area contributed by atoms with Crippen LogP contribution in [0.4, 0.5) is 0 Å². The van der Waals surface area contributed by atoms with Crippen LogP contribution < -0.4 is 5.32 Å². The maximum atomic E-state index is 10.4. The molecule has 0 radical (unpaired) electrons. The van der Waals surface area contributed by atoms with Crippen LogP contribution in [-0.2, 0) is 11.3 Å². The molecule has 0 atom stereocenters. The Morgan fingerprint density at radius 1 is 1.42 bits per heavy atom. The molecular formula is C13H16N4O2. The van der Waals surface area contributed by atoms with Gasteiger partial charge in [0.1, 0.15) is 0 Å². The van der Waals surface area contributed by atoms with Gasteiger partial charge in [-0.05, 0) is 25.1 Å². The van der Waals surface area contributed by atoms with Gasteiger partial charge in [0, 0.05) is 36.5 Å². The number of aromatic amines is 1. The van der Waals surface area contributed by atoms with Crippen LogP contribution in [0.3, 0.4) is 0 Å². The van der Waals surface area contributed by atoms with E-state index in [1.807, 2.05) is 12.1 Å². The van der Waals surface area contributed by atoms with Gasteiger partial charge < -0.3 is 10.4 Å². The molecule has 6 heteroatoms. The highest BCUT2D eigenvalue weighted by Crippen LogP contribution is 2.19. The first kappa shape index (κ1) is 13.2. The Morgan fingerprint density at radius 3 is 3.05 bits per heavy atom. The minimum Gasteiger partial charge on any atom is -0.481 e. The zero-order valence-electron chi connectivity index (χ0n) is 10.5. The highest BCUT2D eigenvalue weighted by Gasteiger charge is 2.07. The lowest BCUT2D eigenvalue weighted by molar-refractivity contribution is -0.137. The van der Waals surface area contributed by atoms with Gasteiger partial charge in [-0.2, -0.15) is 5.10 Å². The van der Waals surface area contributed by atoms with E-state index in [9.17, 15) is 4.79 Å². The molecule has 0 aliphatic rings. The molecular weight excluding hydrogens is 244 g/mol. The summed E-state index contributed by atoms with van der Waals surface area (Å²) in [6, 6.07) is 3.84. The second kappa shape index (κ2) is 6.65. The zero-order chi connectivity index (χ0) is 13.5. The third-order valence-corrected chi connectivity index (χ3v) is 2.73. The molecule has 0 saturated carbocycles. The van der Waals surface area contributed by atoms with Gasteiger partial charge in [-0.15, -0.1) is 0 Å². The van der Waals surface area contributed by atoms with Gasteiger partial charge in [0.05, 0.1) is 11.9 Å². The van der Waals surface area contributed by atoms with Crippen molar-refractivity contribution < 1.29 is 9.90 Å². The van der Waals surface area contributed by atoms with Crippen LogP contribution in [-0.4, -0.2) is 32.8 Å². The fourth-order valence-electron chi connectivity index (χ4n) is 1.79. The van der Waals surface area contributed by atoms with Gasteiger partial charge in [0.2, 0.25) is 0 Å². The van der Waals surface area contributed by atoms with E-state index >= 15 is 0 Å². The molecule has 2 aromatic heterocycles. The van der Waals surface area contributed by atoms with E-state index in [0.717, 1.165) is 16.8 Å². The summed E-state index contributed by atoms with van der Waals surface area (Å²) < 4.78 is 0. The Hall–Kier alpha value is -2.21. The summed E-state index contributed by atoms with van der Waals surface area (Å²) in [7, 11) is 0. The van der Waals surface area contributed by atoms with Gasteiger partial charge in [-0.25, -0.2) is 0 Å². The van der Waals surface area contributed by atoms with Crippen molar-refractivity contribution in [2.24, 2.45) is 0 Å². The van der Waals surface area contributed by atoms with Crippen molar-refractivity contribution in [3.05, 3.63) is 36.3 Å². The van der Waals surface area contributed by atoms with Gasteiger partial charge in [0.15, 0.2) is 0 Å². The molecule has 100 valence electrons. The minimum absolute atomic E-state index is 0.188. The highest BCUT2D eigenvalue weighted by molar-refractivity contribution is 5.66. The van der Waals surface area contributed by atoms with Gasteiger partial charge >= 0.3 is 5.97 Å². The number of nitrogens with one attached hydrogen (secondary N) is 2. The molecule has 0 bridgehead atoms. The number of rotatable bonds is 7. The normalized spacial score (nSPS) is 10.5. The molecule has 0 fully saturated rings. The Labute approximate surface area is 110 Å². The van der Waals surface area contributed by atoms with Gasteiger partial charge in [-0.3, -0.25) is 14.9 Å². The SMILES string of the molecule is O=C(O)CCCNCc1cn[nH]c1-c1cccnc1. The van der Waals surface area contributed by atoms with Crippen LogP contribution >= 0.6 is 0 Å². The average molecular weight is 260 g/mol. The number of carboxylic acids is 1. The Morgan fingerprint density at radius 2 is 2.32 bits per heavy atom. The van der Waals surface area contributed by atoms with Crippen LogP contribution in [0.1, 0.15) is 18.4 Å². The number of H-pyrrole nitrogens is 1. The second-order valence-corrected chi connectivity index (χ2v) is 4.19. The molecule has 0 aliphatic carbocycles. The number of aliphatic carboxylic acids is 1.